The summed E-state index contributed by atoms with van der Waals surface area (Å²) < 4.78 is 11.1. The number of hydrogen-bond donors (Lipinski definition) is 1. The number of hydrogen-bond acceptors (Lipinski definition) is 7. The van der Waals surface area contributed by atoms with Gasteiger partial charge in [-0.1, -0.05) is 0 Å². The molecule has 0 atom stereocenters. The molecule has 0 saturated carbocycles. The summed E-state index contributed by atoms with van der Waals surface area (Å²) in [5, 5.41) is 0.787. The van der Waals surface area contributed by atoms with Crippen molar-refractivity contribution in [3.63, 3.8) is 0 Å². The Morgan fingerprint density at radius 3 is 2.96 bits per heavy atom. The lowest BCUT2D eigenvalue weighted by Crippen LogP contribution is -2.27. The first-order valence-corrected chi connectivity index (χ1v) is 9.44. The van der Waals surface area contributed by atoms with E-state index in [1.807, 2.05) is 26.0 Å². The molecular formula is C19H21N3O3S. The van der Waals surface area contributed by atoms with Gasteiger partial charge in [0.2, 0.25) is 0 Å². The highest BCUT2D eigenvalue weighted by atomic mass is 32.1. The molecule has 0 saturated heterocycles. The van der Waals surface area contributed by atoms with Gasteiger partial charge in [0.05, 0.1) is 18.1 Å². The van der Waals surface area contributed by atoms with Gasteiger partial charge in [-0.25, -0.2) is 9.78 Å². The molecule has 0 amide bonds. The van der Waals surface area contributed by atoms with Crippen LogP contribution in [0.4, 0.5) is 5.69 Å². The molecule has 2 N–H and O–H groups in total. The molecule has 0 spiro atoms. The maximum absolute atomic E-state index is 12.5. The smallest absolute Gasteiger partial charge is 0.350 e. The van der Waals surface area contributed by atoms with Crippen LogP contribution in [0.3, 0.4) is 0 Å². The molecule has 26 heavy (non-hydrogen) atoms. The van der Waals surface area contributed by atoms with Crippen molar-refractivity contribution in [2.24, 2.45) is 0 Å². The van der Waals surface area contributed by atoms with Crippen LogP contribution in [-0.4, -0.2) is 35.5 Å². The molecule has 3 aromatic heterocycles. The highest BCUT2D eigenvalue weighted by molar-refractivity contribution is 7.21. The third-order valence-electron chi connectivity index (χ3n) is 4.52. The van der Waals surface area contributed by atoms with E-state index < -0.39 is 5.97 Å². The zero-order valence-electron chi connectivity index (χ0n) is 15.0. The van der Waals surface area contributed by atoms with Crippen LogP contribution in [0.5, 0.6) is 0 Å². The second kappa shape index (κ2) is 6.41. The van der Waals surface area contributed by atoms with Gasteiger partial charge in [0.25, 0.3) is 0 Å². The lowest BCUT2D eigenvalue weighted by atomic mass is 9.95. The van der Waals surface area contributed by atoms with E-state index >= 15 is 0 Å². The lowest BCUT2D eigenvalue weighted by Gasteiger charge is -2.26. The standard InChI is InChI=1S/C19H21N3O3S/c1-10(2)25-19(23)17-16(20)15-14(13-5-4-8-24-13)11-9-22(3)7-6-12(11)21-18(15)26-17/h4-5,8,10H,6-7,9,20H2,1-3H3. The largest absolute Gasteiger partial charge is 0.464 e. The second-order valence-electron chi connectivity index (χ2n) is 6.86. The fourth-order valence-corrected chi connectivity index (χ4v) is 4.38. The first-order chi connectivity index (χ1) is 12.5. The van der Waals surface area contributed by atoms with Crippen molar-refractivity contribution in [2.75, 3.05) is 19.3 Å². The minimum Gasteiger partial charge on any atom is -0.464 e. The SMILES string of the molecule is CC(C)OC(=O)c1sc2nc3c(c(-c4ccco4)c2c1N)CN(C)CC3. The molecular weight excluding hydrogens is 350 g/mol. The number of likely N-dealkylation sites (N-methyl/N-ethyl adjacent to an activating group) is 1. The van der Waals surface area contributed by atoms with Crippen LogP contribution < -0.4 is 5.73 Å². The fraction of sp³-hybridized carbons (Fsp3) is 0.368. The Kier molecular flexibility index (Phi) is 4.20. The molecule has 7 heteroatoms. The number of ether oxygens (including phenoxy) is 1. The van der Waals surface area contributed by atoms with E-state index in [9.17, 15) is 4.79 Å². The number of furan rings is 1. The third-order valence-corrected chi connectivity index (χ3v) is 5.60. The van der Waals surface area contributed by atoms with Gasteiger partial charge < -0.3 is 19.8 Å². The van der Waals surface area contributed by atoms with Gasteiger partial charge in [-0.05, 0) is 38.6 Å². The average Bonchev–Trinajstić information content (AvgIpc) is 3.21. The Balaban J connectivity index is 1.99. The Labute approximate surface area is 155 Å². The molecule has 6 nitrogen and oxygen atoms in total. The molecule has 136 valence electrons. The van der Waals surface area contributed by atoms with Gasteiger partial charge in [-0.3, -0.25) is 0 Å². The van der Waals surface area contributed by atoms with Crippen molar-refractivity contribution in [2.45, 2.75) is 32.9 Å². The number of nitrogen functional groups attached to an aromatic ring is 1. The molecule has 1 aliphatic rings. The predicted molar refractivity (Wildman–Crippen MR) is 102 cm³/mol. The first-order valence-electron chi connectivity index (χ1n) is 8.62. The van der Waals surface area contributed by atoms with Crippen LogP contribution >= 0.6 is 11.3 Å². The normalized spacial score (nSPS) is 14.8. The van der Waals surface area contributed by atoms with E-state index in [2.05, 4.69) is 11.9 Å². The van der Waals surface area contributed by atoms with Crippen molar-refractivity contribution in [1.82, 2.24) is 9.88 Å². The molecule has 1 aliphatic heterocycles. The number of anilines is 1. The van der Waals surface area contributed by atoms with Crippen LogP contribution in [-0.2, 0) is 17.7 Å². The van der Waals surface area contributed by atoms with Crippen molar-refractivity contribution in [1.29, 1.82) is 0 Å². The maximum atomic E-state index is 12.5. The van der Waals surface area contributed by atoms with Crippen LogP contribution in [0.15, 0.2) is 22.8 Å². The average molecular weight is 371 g/mol. The molecule has 0 aromatic carbocycles. The van der Waals surface area contributed by atoms with E-state index in [1.165, 1.54) is 11.3 Å². The molecule has 0 aliphatic carbocycles. The summed E-state index contributed by atoms with van der Waals surface area (Å²) in [6.45, 7) is 5.37. The van der Waals surface area contributed by atoms with E-state index in [0.29, 0.717) is 10.6 Å². The quantitative estimate of drug-likeness (QED) is 0.707. The Hall–Kier alpha value is -2.38. The number of carbonyl (C=O) groups excluding carboxylic acids is 1. The summed E-state index contributed by atoms with van der Waals surface area (Å²) in [5.41, 5.74) is 9.94. The van der Waals surface area contributed by atoms with Gasteiger partial charge in [0, 0.05) is 36.2 Å². The summed E-state index contributed by atoms with van der Waals surface area (Å²) in [4.78, 5) is 20.7. The van der Waals surface area contributed by atoms with Crippen molar-refractivity contribution in [3.05, 3.63) is 34.5 Å². The molecule has 3 aromatic rings. The van der Waals surface area contributed by atoms with E-state index in [-0.39, 0.29) is 6.10 Å². The van der Waals surface area contributed by atoms with Crippen molar-refractivity contribution >= 4 is 33.2 Å². The number of fused-ring (bicyclic) bond motifs is 2. The second-order valence-corrected chi connectivity index (χ2v) is 7.86. The van der Waals surface area contributed by atoms with Crippen molar-refractivity contribution < 1.29 is 13.9 Å². The summed E-state index contributed by atoms with van der Waals surface area (Å²) in [5.74, 6) is 0.346. The molecule has 0 fully saturated rings. The number of carbonyl (C=O) groups is 1. The zero-order valence-corrected chi connectivity index (χ0v) is 15.9. The van der Waals surface area contributed by atoms with Crippen LogP contribution in [0.2, 0.25) is 0 Å². The number of thiophene rings is 1. The molecule has 4 heterocycles. The fourth-order valence-electron chi connectivity index (χ4n) is 3.37. The minimum atomic E-state index is -0.402. The van der Waals surface area contributed by atoms with Gasteiger partial charge in [-0.15, -0.1) is 11.3 Å². The Morgan fingerprint density at radius 2 is 2.27 bits per heavy atom. The summed E-state index contributed by atoms with van der Waals surface area (Å²) >= 11 is 1.29. The molecule has 0 radical (unpaired) electrons. The van der Waals surface area contributed by atoms with Gasteiger partial charge in [-0.2, -0.15) is 0 Å². The van der Waals surface area contributed by atoms with Gasteiger partial charge in [0.15, 0.2) is 0 Å². The number of nitrogens with zero attached hydrogens (tertiary/aromatic N) is 2. The van der Waals surface area contributed by atoms with Crippen LogP contribution in [0.1, 0.15) is 34.8 Å². The highest BCUT2D eigenvalue weighted by Gasteiger charge is 2.28. The molecule has 0 bridgehead atoms. The molecule has 4 rings (SSSR count). The van der Waals surface area contributed by atoms with Crippen LogP contribution in [0, 0.1) is 0 Å². The van der Waals surface area contributed by atoms with E-state index in [4.69, 9.17) is 19.9 Å². The topological polar surface area (TPSA) is 81.6 Å². The molecule has 0 unspecified atom stereocenters. The zero-order chi connectivity index (χ0) is 18.4. The number of nitrogens with two attached hydrogens (primary N) is 1. The van der Waals surface area contributed by atoms with Gasteiger partial charge in [0.1, 0.15) is 15.5 Å². The summed E-state index contributed by atoms with van der Waals surface area (Å²) in [6.07, 6.45) is 2.31. The number of pyridine rings is 1. The minimum absolute atomic E-state index is 0.202. The summed E-state index contributed by atoms with van der Waals surface area (Å²) in [7, 11) is 2.08. The van der Waals surface area contributed by atoms with Crippen molar-refractivity contribution in [3.8, 4) is 11.3 Å². The number of rotatable bonds is 3. The first kappa shape index (κ1) is 17.1. The van der Waals surface area contributed by atoms with Crippen LogP contribution in [0.25, 0.3) is 21.5 Å². The van der Waals surface area contributed by atoms with E-state index in [0.717, 1.165) is 52.3 Å². The van der Waals surface area contributed by atoms with E-state index in [1.54, 1.807) is 6.26 Å². The summed E-state index contributed by atoms with van der Waals surface area (Å²) in [6, 6.07) is 3.78. The lowest BCUT2D eigenvalue weighted by molar-refractivity contribution is 0.0385. The Morgan fingerprint density at radius 1 is 1.46 bits per heavy atom. The monoisotopic (exact) mass is 371 g/mol. The predicted octanol–water partition coefficient (Wildman–Crippen LogP) is 3.69. The number of esters is 1. The third kappa shape index (κ3) is 2.77. The Bertz CT molecular complexity index is 976. The highest BCUT2D eigenvalue weighted by Crippen LogP contribution is 2.43. The number of aromatic nitrogens is 1. The van der Waals surface area contributed by atoms with Gasteiger partial charge >= 0.3 is 5.97 Å². The maximum Gasteiger partial charge on any atom is 0.350 e.